The lowest BCUT2D eigenvalue weighted by Crippen LogP contribution is -2.51. The number of aliphatic hydroxyl groups excluding tert-OH is 1. The van der Waals surface area contributed by atoms with Crippen LogP contribution in [0, 0.1) is 5.92 Å². The van der Waals surface area contributed by atoms with Gasteiger partial charge in [-0.1, -0.05) is 37.3 Å². The van der Waals surface area contributed by atoms with E-state index in [4.69, 9.17) is 0 Å². The number of nitrogens with zero attached hydrogens (tertiary/aromatic N) is 1. The van der Waals surface area contributed by atoms with Crippen LogP contribution in [0.1, 0.15) is 25.3 Å². The van der Waals surface area contributed by atoms with Crippen LogP contribution in [0.15, 0.2) is 30.3 Å². The summed E-state index contributed by atoms with van der Waals surface area (Å²) in [4.78, 5) is 25.3. The highest BCUT2D eigenvalue weighted by molar-refractivity contribution is 5.98. The number of imide groups is 1. The summed E-state index contributed by atoms with van der Waals surface area (Å²) in [7, 11) is 0. The largest absolute Gasteiger partial charge is 0.394 e. The number of carbonyl (C=O) groups is 2. The van der Waals surface area contributed by atoms with Crippen LogP contribution in [0.5, 0.6) is 0 Å². The second-order valence-corrected chi connectivity index (χ2v) is 5.20. The van der Waals surface area contributed by atoms with Crippen molar-refractivity contribution in [2.75, 3.05) is 6.61 Å². The third-order valence-corrected chi connectivity index (χ3v) is 3.47. The van der Waals surface area contributed by atoms with Crippen molar-refractivity contribution in [2.24, 2.45) is 5.92 Å². The van der Waals surface area contributed by atoms with Gasteiger partial charge < -0.3 is 5.11 Å². The molecule has 1 fully saturated rings. The Morgan fingerprint density at radius 1 is 1.21 bits per heavy atom. The minimum atomic E-state index is -0.449. The van der Waals surface area contributed by atoms with Crippen LogP contribution in [-0.4, -0.2) is 34.5 Å². The van der Waals surface area contributed by atoms with Crippen LogP contribution in [0.2, 0.25) is 0 Å². The molecule has 1 aromatic rings. The van der Waals surface area contributed by atoms with Crippen LogP contribution in [0.3, 0.4) is 0 Å². The fraction of sp³-hybridized carbons (Fsp3) is 0.467. The van der Waals surface area contributed by atoms with Crippen molar-refractivity contribution in [1.29, 1.82) is 0 Å². The lowest BCUT2D eigenvalue weighted by Gasteiger charge is -2.34. The predicted molar refractivity (Wildman–Crippen MR) is 71.3 cm³/mol. The van der Waals surface area contributed by atoms with Crippen LogP contribution in [0.25, 0.3) is 0 Å². The molecular formula is C15H19NO3. The number of amides is 2. The molecule has 2 amide bonds. The molecule has 0 bridgehead atoms. The number of rotatable bonds is 4. The standard InChI is InChI=1S/C15H19NO3/c1-11-7-14(18)16(15(19)8-11)13(10-17)9-12-5-3-2-4-6-12/h2-6,11,13,17H,7-10H2,1H3/t13-/m1/s1. The van der Waals surface area contributed by atoms with Crippen LogP contribution in [0.4, 0.5) is 0 Å². The molecule has 19 heavy (non-hydrogen) atoms. The molecular weight excluding hydrogens is 242 g/mol. The molecule has 0 saturated carbocycles. The molecule has 102 valence electrons. The number of likely N-dealkylation sites (tertiary alicyclic amines) is 1. The average Bonchev–Trinajstić information content (AvgIpc) is 2.37. The normalized spacial score (nSPS) is 18.7. The van der Waals surface area contributed by atoms with E-state index in [2.05, 4.69) is 0 Å². The number of carbonyl (C=O) groups excluding carboxylic acids is 2. The fourth-order valence-corrected chi connectivity index (χ4v) is 2.54. The van der Waals surface area contributed by atoms with Crippen molar-refractivity contribution >= 4 is 11.8 Å². The summed E-state index contributed by atoms with van der Waals surface area (Å²) in [5.74, 6) is -0.232. The van der Waals surface area contributed by atoms with Gasteiger partial charge in [-0.15, -0.1) is 0 Å². The third-order valence-electron chi connectivity index (χ3n) is 3.47. The maximum absolute atomic E-state index is 12.0. The van der Waals surface area contributed by atoms with Gasteiger partial charge in [0.15, 0.2) is 0 Å². The Bertz CT molecular complexity index is 440. The van der Waals surface area contributed by atoms with E-state index in [9.17, 15) is 14.7 Å². The van der Waals surface area contributed by atoms with Gasteiger partial charge in [0.1, 0.15) is 0 Å². The van der Waals surface area contributed by atoms with E-state index in [-0.39, 0.29) is 24.3 Å². The summed E-state index contributed by atoms with van der Waals surface area (Å²) in [6, 6.07) is 9.15. The van der Waals surface area contributed by atoms with Gasteiger partial charge in [-0.3, -0.25) is 14.5 Å². The van der Waals surface area contributed by atoms with E-state index < -0.39 is 6.04 Å². The molecule has 1 atom stereocenters. The summed E-state index contributed by atoms with van der Waals surface area (Å²) < 4.78 is 0. The molecule has 1 saturated heterocycles. The van der Waals surface area contributed by atoms with Gasteiger partial charge >= 0.3 is 0 Å². The van der Waals surface area contributed by atoms with Crippen molar-refractivity contribution < 1.29 is 14.7 Å². The molecule has 0 unspecified atom stereocenters. The Morgan fingerprint density at radius 3 is 2.32 bits per heavy atom. The van der Waals surface area contributed by atoms with E-state index in [0.29, 0.717) is 19.3 Å². The Hall–Kier alpha value is -1.68. The van der Waals surface area contributed by atoms with E-state index in [1.54, 1.807) is 0 Å². The first-order chi connectivity index (χ1) is 9.11. The second-order valence-electron chi connectivity index (χ2n) is 5.20. The summed E-state index contributed by atoms with van der Waals surface area (Å²) >= 11 is 0. The summed E-state index contributed by atoms with van der Waals surface area (Å²) in [5.41, 5.74) is 1.01. The van der Waals surface area contributed by atoms with Gasteiger partial charge in [0, 0.05) is 12.8 Å². The van der Waals surface area contributed by atoms with Crippen molar-refractivity contribution in [1.82, 2.24) is 4.90 Å². The Kier molecular flexibility index (Phi) is 4.32. The lowest BCUT2D eigenvalue weighted by molar-refractivity contribution is -0.153. The van der Waals surface area contributed by atoms with Gasteiger partial charge in [-0.2, -0.15) is 0 Å². The van der Waals surface area contributed by atoms with Crippen molar-refractivity contribution in [3.05, 3.63) is 35.9 Å². The molecule has 4 nitrogen and oxygen atoms in total. The van der Waals surface area contributed by atoms with E-state index in [0.717, 1.165) is 5.56 Å². The number of piperidine rings is 1. The third kappa shape index (κ3) is 3.20. The molecule has 0 radical (unpaired) electrons. The molecule has 1 aliphatic rings. The second kappa shape index (κ2) is 5.97. The lowest BCUT2D eigenvalue weighted by atomic mass is 9.95. The monoisotopic (exact) mass is 261 g/mol. The number of benzene rings is 1. The summed E-state index contributed by atoms with van der Waals surface area (Å²) in [5, 5.41) is 9.49. The van der Waals surface area contributed by atoms with Gasteiger partial charge in [0.25, 0.3) is 0 Å². The average molecular weight is 261 g/mol. The molecule has 4 heteroatoms. The number of aliphatic hydroxyl groups is 1. The molecule has 1 heterocycles. The first-order valence-electron chi connectivity index (χ1n) is 6.61. The highest BCUT2D eigenvalue weighted by Gasteiger charge is 2.35. The SMILES string of the molecule is CC1CC(=O)N([C@@H](CO)Cc2ccccc2)C(=O)C1. The minimum Gasteiger partial charge on any atom is -0.394 e. The van der Waals surface area contributed by atoms with Gasteiger partial charge in [0.05, 0.1) is 12.6 Å². The van der Waals surface area contributed by atoms with Crippen LogP contribution < -0.4 is 0 Å². The maximum atomic E-state index is 12.0. The minimum absolute atomic E-state index is 0.104. The first kappa shape index (κ1) is 13.7. The molecule has 0 spiro atoms. The van der Waals surface area contributed by atoms with E-state index in [1.807, 2.05) is 37.3 Å². The zero-order chi connectivity index (χ0) is 13.8. The Morgan fingerprint density at radius 2 is 1.79 bits per heavy atom. The van der Waals surface area contributed by atoms with Gasteiger partial charge in [-0.25, -0.2) is 0 Å². The molecule has 0 aromatic heterocycles. The van der Waals surface area contributed by atoms with E-state index >= 15 is 0 Å². The summed E-state index contributed by atoms with van der Waals surface area (Å²) in [6.07, 6.45) is 1.28. The van der Waals surface area contributed by atoms with Crippen molar-refractivity contribution in [3.8, 4) is 0 Å². The molecule has 0 aliphatic carbocycles. The number of hydrogen-bond donors (Lipinski definition) is 1. The number of hydrogen-bond acceptors (Lipinski definition) is 3. The first-order valence-corrected chi connectivity index (χ1v) is 6.61. The van der Waals surface area contributed by atoms with Crippen LogP contribution in [-0.2, 0) is 16.0 Å². The molecule has 1 aliphatic heterocycles. The molecule has 1 aromatic carbocycles. The quantitative estimate of drug-likeness (QED) is 0.833. The smallest absolute Gasteiger partial charge is 0.229 e. The maximum Gasteiger partial charge on any atom is 0.229 e. The van der Waals surface area contributed by atoms with E-state index in [1.165, 1.54) is 4.90 Å². The molecule has 2 rings (SSSR count). The van der Waals surface area contributed by atoms with Gasteiger partial charge in [0.2, 0.25) is 11.8 Å². The molecule has 1 N–H and O–H groups in total. The highest BCUT2D eigenvalue weighted by atomic mass is 16.3. The van der Waals surface area contributed by atoms with Gasteiger partial charge in [-0.05, 0) is 17.9 Å². The van der Waals surface area contributed by atoms with Crippen molar-refractivity contribution in [3.63, 3.8) is 0 Å². The Balaban J connectivity index is 2.13. The predicted octanol–water partition coefficient (Wildman–Crippen LogP) is 1.38. The Labute approximate surface area is 113 Å². The fourth-order valence-electron chi connectivity index (χ4n) is 2.54. The zero-order valence-corrected chi connectivity index (χ0v) is 11.1. The van der Waals surface area contributed by atoms with Crippen LogP contribution >= 0.6 is 0 Å². The topological polar surface area (TPSA) is 57.6 Å². The summed E-state index contributed by atoms with van der Waals surface area (Å²) in [6.45, 7) is 1.71. The zero-order valence-electron chi connectivity index (χ0n) is 11.1. The van der Waals surface area contributed by atoms with Crippen molar-refractivity contribution in [2.45, 2.75) is 32.2 Å². The highest BCUT2D eigenvalue weighted by Crippen LogP contribution is 2.22.